The predicted molar refractivity (Wildman–Crippen MR) is 256 cm³/mol. The Labute approximate surface area is 411 Å². The molecule has 6 fully saturated rings. The molecule has 4 aromatic rings. The molecule has 8 aliphatic carbocycles. The van der Waals surface area contributed by atoms with Gasteiger partial charge in [0.05, 0.1) is 33.7 Å². The first-order valence-corrected chi connectivity index (χ1v) is 26.0. The van der Waals surface area contributed by atoms with Gasteiger partial charge in [-0.2, -0.15) is 10.2 Å². The van der Waals surface area contributed by atoms with Crippen molar-refractivity contribution in [2.45, 2.75) is 155 Å². The third-order valence-corrected chi connectivity index (χ3v) is 21.4. The summed E-state index contributed by atoms with van der Waals surface area (Å²) in [6.45, 7) is 14.2. The molecule has 0 unspecified atom stereocenters. The van der Waals surface area contributed by atoms with E-state index in [-0.39, 0.29) is 10.8 Å². The van der Waals surface area contributed by atoms with Gasteiger partial charge in [-0.05, 0) is 198 Å². The molecule has 14 heteroatoms. The van der Waals surface area contributed by atoms with Crippen LogP contribution >= 0.6 is 0 Å². The lowest BCUT2D eigenvalue weighted by atomic mass is 9.44. The maximum atomic E-state index is 11.0. The van der Waals surface area contributed by atoms with Gasteiger partial charge in [0, 0.05) is 11.1 Å². The molecule has 2 heterocycles. The Balaban J connectivity index is 0.000000124. The van der Waals surface area contributed by atoms with Crippen LogP contribution in [-0.4, -0.2) is 64.0 Å². The molecule has 0 saturated heterocycles. The summed E-state index contributed by atoms with van der Waals surface area (Å²) in [6, 6.07) is 7.08. The van der Waals surface area contributed by atoms with Crippen LogP contribution in [0.2, 0.25) is 0 Å². The van der Waals surface area contributed by atoms with E-state index in [1.807, 2.05) is 0 Å². The Bertz CT molecular complexity index is 2390. The standard InChI is InChI=1S/2C21H32N2O.2C7H6O4/c2*1-19-11-13-12-22-23-18(13)10-14(19)4-5-15-16(19)6-8-20(2)17(15)7-9-21(20,3)24;2*8-4-2-1-3-5(9)6(4)7(10)11/h2*12,14-17,24H,4-11H2,1-3H3,(H,22,23);2*1-3,8-9H,(H,10,11)/t2*14-,15+,16-,17-,19-,20-,21-;;/m00../s1. The van der Waals surface area contributed by atoms with E-state index in [0.717, 1.165) is 84.5 Å². The number of nitrogens with one attached hydrogen (secondary N) is 4. The van der Waals surface area contributed by atoms with E-state index in [2.05, 4.69) is 74.3 Å². The number of aromatic amines is 4. The molecule has 0 spiro atoms. The number of rotatable bonds is 2. The smallest absolute Gasteiger partial charge is 0.338 e. The van der Waals surface area contributed by atoms with E-state index >= 15 is 0 Å². The first-order valence-electron chi connectivity index (χ1n) is 26.0. The Morgan fingerprint density at radius 3 is 1.27 bits per heavy atom. The average molecular weight is 965 g/mol. The van der Waals surface area contributed by atoms with E-state index in [1.165, 1.54) is 125 Å². The number of carboxylic acids is 2. The van der Waals surface area contributed by atoms with Gasteiger partial charge in [-0.15, -0.1) is 10.2 Å². The number of aromatic hydroxyl groups is 2. The molecule has 380 valence electrons. The quantitative estimate of drug-likeness (QED) is 0.0987. The molecule has 2 aromatic carbocycles. The summed E-state index contributed by atoms with van der Waals surface area (Å²) in [5, 5.41) is 91.3. The van der Waals surface area contributed by atoms with Gasteiger partial charge in [-0.3, -0.25) is 0 Å². The molecule has 0 aliphatic heterocycles. The summed E-state index contributed by atoms with van der Waals surface area (Å²) in [7, 11) is 0. The van der Waals surface area contributed by atoms with Crippen molar-refractivity contribution in [1.29, 1.82) is 0 Å². The van der Waals surface area contributed by atoms with Gasteiger partial charge in [-0.25, -0.2) is 9.59 Å². The number of carbonyl (C=O) groups is 2. The van der Waals surface area contributed by atoms with Gasteiger partial charge >= 0.3 is 11.9 Å². The van der Waals surface area contributed by atoms with Crippen LogP contribution in [0.5, 0.6) is 23.0 Å². The molecule has 2 aromatic heterocycles. The lowest BCUT2D eigenvalue weighted by molar-refractivity contribution is -0.450. The predicted octanol–water partition coefficient (Wildman–Crippen LogP) is 7.40. The lowest BCUT2D eigenvalue weighted by Crippen LogP contribution is -2.56. The van der Waals surface area contributed by atoms with Crippen molar-refractivity contribution in [3.8, 4) is 23.0 Å². The zero-order valence-corrected chi connectivity index (χ0v) is 41.9. The molecule has 0 amide bonds. The van der Waals surface area contributed by atoms with Crippen molar-refractivity contribution in [3.05, 3.63) is 82.4 Å². The summed E-state index contributed by atoms with van der Waals surface area (Å²) in [5.41, 5.74) is 5.15. The van der Waals surface area contributed by atoms with Crippen molar-refractivity contribution in [2.24, 2.45) is 69.0 Å². The van der Waals surface area contributed by atoms with Crippen LogP contribution in [0.1, 0.15) is 162 Å². The number of hydrogen-bond donors (Lipinski definition) is 8. The fourth-order valence-corrected chi connectivity index (χ4v) is 17.0. The van der Waals surface area contributed by atoms with E-state index in [4.69, 9.17) is 20.4 Å². The number of aliphatic hydroxyl groups is 2. The topological polar surface area (TPSA) is 262 Å². The molecule has 10 N–H and O–H groups in total. The third kappa shape index (κ3) is 8.07. The molecule has 6 saturated carbocycles. The zero-order valence-electron chi connectivity index (χ0n) is 41.9. The summed E-state index contributed by atoms with van der Waals surface area (Å²) in [4.78, 5) is 20.6. The van der Waals surface area contributed by atoms with Crippen LogP contribution in [0.15, 0.2) is 48.8 Å². The Kier molecular flexibility index (Phi) is 12.8. The first kappa shape index (κ1) is 49.9. The summed E-state index contributed by atoms with van der Waals surface area (Å²) < 4.78 is 0. The number of H-pyrrole nitrogens is 4. The Morgan fingerprint density at radius 1 is 0.557 bits per heavy atom. The van der Waals surface area contributed by atoms with E-state index in [1.54, 1.807) is 0 Å². The minimum atomic E-state index is -1.41. The molecular formula is C56H76N4O10. The highest BCUT2D eigenvalue weighted by Crippen LogP contribution is 2.69. The van der Waals surface area contributed by atoms with E-state index in [9.17, 15) is 30.0 Å². The lowest BCUT2D eigenvalue weighted by Gasteiger charge is -2.60. The van der Waals surface area contributed by atoms with Crippen LogP contribution in [0.3, 0.4) is 0 Å². The molecule has 70 heavy (non-hydrogen) atoms. The maximum Gasteiger partial charge on any atom is 0.338 e. The van der Waals surface area contributed by atoms with Crippen molar-refractivity contribution in [1.82, 2.24) is 10.2 Å². The fraction of sp³-hybridized carbons (Fsp3) is 0.643. The first-order chi connectivity index (χ1) is 33.0. The fourth-order valence-electron chi connectivity index (χ4n) is 17.0. The SMILES string of the molecule is C[C@]12Cc3c[nH+][nH]c3C[C@@H]1CC[C@@H]1[C@@H]2CC[C@@]2(C)[C@H]1CC[C@]2(C)O.C[C@]12Cc3c[nH+][nH]c3C[C@@H]1CC[C@@H]1[C@@H]2CC[C@@]2(C)[C@H]1CC[C@]2(C)O.O=C(O)c1c([O-])cccc1O.O=C(O)c1c([O-])cccc1O. The second kappa shape index (κ2) is 17.9. The molecule has 14 atom stereocenters. The molecule has 12 rings (SSSR count). The molecule has 0 bridgehead atoms. The number of fused-ring (bicyclic) bond motifs is 12. The highest BCUT2D eigenvalue weighted by Gasteiger charge is 2.65. The molecular weight excluding hydrogens is 889 g/mol. The summed E-state index contributed by atoms with van der Waals surface area (Å²) >= 11 is 0. The number of hydrogen-bond acceptors (Lipinski definition) is 8. The molecule has 8 aliphatic rings. The third-order valence-electron chi connectivity index (χ3n) is 21.4. The van der Waals surface area contributed by atoms with Crippen LogP contribution in [0, 0.1) is 69.0 Å². The van der Waals surface area contributed by atoms with Gasteiger partial charge in [0.1, 0.15) is 11.5 Å². The largest absolute Gasteiger partial charge is 0.872 e. The van der Waals surface area contributed by atoms with Gasteiger partial charge in [0.2, 0.25) is 0 Å². The zero-order chi connectivity index (χ0) is 50.3. The molecule has 14 nitrogen and oxygen atoms in total. The minimum absolute atomic E-state index is 0.152. The van der Waals surface area contributed by atoms with Gasteiger partial charge in [0.15, 0.2) is 12.4 Å². The number of phenols is 2. The van der Waals surface area contributed by atoms with Gasteiger partial charge in [0.25, 0.3) is 0 Å². The normalized spacial score (nSPS) is 39.3. The van der Waals surface area contributed by atoms with Crippen molar-refractivity contribution in [3.63, 3.8) is 0 Å². The highest BCUT2D eigenvalue weighted by atomic mass is 16.4. The van der Waals surface area contributed by atoms with Crippen molar-refractivity contribution >= 4 is 11.9 Å². The average Bonchev–Trinajstić information content (AvgIpc) is 4.05. The van der Waals surface area contributed by atoms with Crippen LogP contribution in [0.25, 0.3) is 0 Å². The van der Waals surface area contributed by atoms with Gasteiger partial charge in [-0.1, -0.05) is 63.5 Å². The Morgan fingerprint density at radius 2 is 0.929 bits per heavy atom. The van der Waals surface area contributed by atoms with Crippen LogP contribution in [0.4, 0.5) is 0 Å². The minimum Gasteiger partial charge on any atom is -0.872 e. The van der Waals surface area contributed by atoms with Crippen molar-refractivity contribution < 1.29 is 60.6 Å². The van der Waals surface area contributed by atoms with E-state index in [0.29, 0.717) is 10.8 Å². The van der Waals surface area contributed by atoms with Crippen molar-refractivity contribution in [2.75, 3.05) is 0 Å². The summed E-state index contributed by atoms with van der Waals surface area (Å²) in [5.74, 6) is 1.36. The Hall–Kier alpha value is -5.08. The second-order valence-electron chi connectivity index (χ2n) is 24.4. The number of aromatic nitrogens is 4. The van der Waals surface area contributed by atoms with Crippen LogP contribution in [-0.2, 0) is 25.7 Å². The number of carboxylic acid groups (broad SMARTS) is 2. The molecule has 0 radical (unpaired) electrons. The highest BCUT2D eigenvalue weighted by molar-refractivity contribution is 5.94. The maximum absolute atomic E-state index is 11.0. The van der Waals surface area contributed by atoms with Gasteiger partial charge < -0.3 is 40.9 Å². The monoisotopic (exact) mass is 965 g/mol. The number of benzene rings is 2. The van der Waals surface area contributed by atoms with E-state index < -0.39 is 57.3 Å². The number of aromatic carboxylic acids is 2. The second-order valence-corrected chi connectivity index (χ2v) is 24.4. The summed E-state index contributed by atoms with van der Waals surface area (Å²) in [6.07, 6.45) is 24.5. The van der Waals surface area contributed by atoms with Crippen LogP contribution < -0.4 is 20.4 Å².